The molecule has 2 bridgehead atoms. The molecule has 3 rings (SSSR count). The molecule has 5 unspecified atom stereocenters. The van der Waals surface area contributed by atoms with E-state index in [1.165, 1.54) is 11.8 Å². The van der Waals surface area contributed by atoms with Gasteiger partial charge in [0.15, 0.2) is 5.75 Å². The van der Waals surface area contributed by atoms with Gasteiger partial charge in [-0.15, -0.1) is 0 Å². The minimum Gasteiger partial charge on any atom is -0.451 e. The summed E-state index contributed by atoms with van der Waals surface area (Å²) in [5, 5.41) is -0.769. The van der Waals surface area contributed by atoms with Crippen molar-refractivity contribution in [3.8, 4) is 5.75 Å². The topological polar surface area (TPSA) is 107 Å². The number of halogens is 6. The molecule has 2 heterocycles. The first-order valence-corrected chi connectivity index (χ1v) is 14.7. The van der Waals surface area contributed by atoms with E-state index < -0.39 is 57.2 Å². The minimum atomic E-state index is -5.21. The maximum atomic E-state index is 13.2. The van der Waals surface area contributed by atoms with E-state index in [1.54, 1.807) is 12.1 Å². The van der Waals surface area contributed by atoms with Gasteiger partial charge in [-0.1, -0.05) is 0 Å². The van der Waals surface area contributed by atoms with E-state index in [4.69, 9.17) is 9.29 Å². The number of alkyl halides is 3. The van der Waals surface area contributed by atoms with Crippen molar-refractivity contribution in [3.05, 3.63) is 22.8 Å². The fourth-order valence-corrected chi connectivity index (χ4v) is 10.0. The number of carbonyl (C=O) groups excluding carboxylic acids is 2. The molecule has 2 aliphatic heterocycles. The molecular formula is C17H14F3I3O7S2. The lowest BCUT2D eigenvalue weighted by atomic mass is 9.79. The Balaban J connectivity index is 1.82. The number of fused-ring (bicyclic) bond motifs is 2. The highest BCUT2D eigenvalue weighted by Gasteiger charge is 2.58. The molecule has 32 heavy (non-hydrogen) atoms. The molecule has 0 spiro atoms. The van der Waals surface area contributed by atoms with Crippen molar-refractivity contribution in [1.82, 2.24) is 0 Å². The number of rotatable bonds is 6. The molecule has 0 radical (unpaired) electrons. The SMILES string of the molecule is O=C(Oc1c(I)cc(I)cc1I)C1C2CCC(S2)C1C(=O)OC(CS(=O)(=O)O)C(F)(F)F. The van der Waals surface area contributed by atoms with Gasteiger partial charge in [0.25, 0.3) is 10.1 Å². The Morgan fingerprint density at radius 2 is 1.59 bits per heavy atom. The van der Waals surface area contributed by atoms with Crippen LogP contribution in [-0.2, 0) is 24.4 Å². The summed E-state index contributed by atoms with van der Waals surface area (Å²) in [7, 11) is -5.07. The highest BCUT2D eigenvalue weighted by Crippen LogP contribution is 2.54. The van der Waals surface area contributed by atoms with E-state index in [1.807, 2.05) is 45.2 Å². The first-order valence-electron chi connectivity index (χ1n) is 8.91. The van der Waals surface area contributed by atoms with Gasteiger partial charge in [-0.2, -0.15) is 33.4 Å². The van der Waals surface area contributed by atoms with Crippen molar-refractivity contribution in [2.45, 2.75) is 35.6 Å². The van der Waals surface area contributed by atoms with Gasteiger partial charge in [0, 0.05) is 14.1 Å². The Bertz CT molecular complexity index is 1010. The summed E-state index contributed by atoms with van der Waals surface area (Å²) < 4.78 is 82.6. The van der Waals surface area contributed by atoms with Crippen LogP contribution in [0.3, 0.4) is 0 Å². The summed E-state index contributed by atoms with van der Waals surface area (Å²) in [5.41, 5.74) is 0. The van der Waals surface area contributed by atoms with Crippen LogP contribution in [0.15, 0.2) is 12.1 Å². The molecule has 178 valence electrons. The van der Waals surface area contributed by atoms with E-state index in [0.717, 1.165) is 3.57 Å². The van der Waals surface area contributed by atoms with Crippen LogP contribution in [0.25, 0.3) is 0 Å². The fourth-order valence-electron chi connectivity index (χ4n) is 3.68. The average molecular weight is 832 g/mol. The standard InChI is InChI=1S/C17H14F3I3O7S2/c18-17(19,20)11(5-32(26,27)28)29-15(24)12-9-1-2-10(31-9)13(12)16(25)30-14-7(22)3-6(21)4-8(14)23/h3-4,9-13H,1-2,5H2,(H,26,27,28). The van der Waals surface area contributed by atoms with Crippen LogP contribution < -0.4 is 4.74 Å². The second-order valence-electron chi connectivity index (χ2n) is 7.18. The molecule has 1 aromatic rings. The summed E-state index contributed by atoms with van der Waals surface area (Å²) in [6.07, 6.45) is -7.15. The van der Waals surface area contributed by atoms with E-state index in [9.17, 15) is 31.2 Å². The minimum absolute atomic E-state index is 0.302. The van der Waals surface area contributed by atoms with Crippen LogP contribution >= 0.6 is 79.5 Å². The Kier molecular flexibility index (Phi) is 8.58. The van der Waals surface area contributed by atoms with E-state index >= 15 is 0 Å². The zero-order valence-electron chi connectivity index (χ0n) is 15.6. The van der Waals surface area contributed by atoms with Gasteiger partial charge in [-0.25, -0.2) is 0 Å². The third-order valence-electron chi connectivity index (χ3n) is 4.97. The summed E-state index contributed by atoms with van der Waals surface area (Å²) in [4.78, 5) is 25.7. The van der Waals surface area contributed by atoms with Gasteiger partial charge >= 0.3 is 18.1 Å². The molecule has 7 nitrogen and oxygen atoms in total. The summed E-state index contributed by atoms with van der Waals surface area (Å²) in [5.74, 6) is -5.83. The lowest BCUT2D eigenvalue weighted by molar-refractivity contribution is -0.218. The third-order valence-corrected chi connectivity index (χ3v) is 9.68. The second-order valence-corrected chi connectivity index (χ2v) is 13.7. The highest BCUT2D eigenvalue weighted by molar-refractivity contribution is 14.1. The number of thioether (sulfide) groups is 1. The van der Waals surface area contributed by atoms with Crippen LogP contribution in [0.5, 0.6) is 5.75 Å². The number of hydrogen-bond acceptors (Lipinski definition) is 7. The predicted octanol–water partition coefficient (Wildman–Crippen LogP) is 4.28. The van der Waals surface area contributed by atoms with Crippen LogP contribution in [0.4, 0.5) is 13.2 Å². The van der Waals surface area contributed by atoms with Crippen molar-refractivity contribution in [2.24, 2.45) is 11.8 Å². The van der Waals surface area contributed by atoms with E-state index in [2.05, 4.69) is 27.3 Å². The monoisotopic (exact) mass is 832 g/mol. The number of hydrogen-bond donors (Lipinski definition) is 1. The molecule has 2 fully saturated rings. The van der Waals surface area contributed by atoms with Crippen molar-refractivity contribution in [2.75, 3.05) is 5.75 Å². The maximum absolute atomic E-state index is 13.2. The van der Waals surface area contributed by atoms with Gasteiger partial charge in [0.2, 0.25) is 6.10 Å². The molecule has 0 saturated carbocycles. The molecule has 15 heteroatoms. The zero-order chi connectivity index (χ0) is 24.0. The second kappa shape index (κ2) is 10.2. The van der Waals surface area contributed by atoms with Gasteiger partial charge in [-0.3, -0.25) is 14.1 Å². The van der Waals surface area contributed by atoms with Gasteiger partial charge < -0.3 is 9.47 Å². The van der Waals surface area contributed by atoms with Crippen molar-refractivity contribution < 1.29 is 45.2 Å². The number of ether oxygens (including phenoxy) is 2. The Morgan fingerprint density at radius 1 is 1.09 bits per heavy atom. The van der Waals surface area contributed by atoms with E-state index in [0.29, 0.717) is 25.7 Å². The lowest BCUT2D eigenvalue weighted by Gasteiger charge is -2.29. The molecule has 1 N–H and O–H groups in total. The highest BCUT2D eigenvalue weighted by atomic mass is 127. The Labute approximate surface area is 226 Å². The van der Waals surface area contributed by atoms with Crippen LogP contribution in [0, 0.1) is 22.5 Å². The summed E-state index contributed by atoms with van der Waals surface area (Å²) >= 11 is 7.42. The molecule has 1 aromatic carbocycles. The summed E-state index contributed by atoms with van der Waals surface area (Å²) in [6.45, 7) is 0. The fraction of sp³-hybridized carbons (Fsp3) is 0.529. The molecule has 0 amide bonds. The molecule has 0 aromatic heterocycles. The molecule has 5 atom stereocenters. The van der Waals surface area contributed by atoms with Crippen LogP contribution in [0.2, 0.25) is 0 Å². The first-order chi connectivity index (χ1) is 14.7. The zero-order valence-corrected chi connectivity index (χ0v) is 23.7. The van der Waals surface area contributed by atoms with Gasteiger partial charge in [0.05, 0.1) is 19.0 Å². The lowest BCUT2D eigenvalue weighted by Crippen LogP contribution is -2.46. The average Bonchev–Trinajstić information content (AvgIpc) is 3.23. The molecular weight excluding hydrogens is 818 g/mol. The third kappa shape index (κ3) is 6.34. The Hall–Kier alpha value is 0.400. The van der Waals surface area contributed by atoms with Gasteiger partial charge in [-0.05, 0) is 92.7 Å². The van der Waals surface area contributed by atoms with Crippen LogP contribution in [-0.4, -0.2) is 53.4 Å². The number of benzene rings is 1. The normalized spacial score (nSPS) is 26.1. The Morgan fingerprint density at radius 3 is 2.06 bits per heavy atom. The predicted molar refractivity (Wildman–Crippen MR) is 134 cm³/mol. The van der Waals surface area contributed by atoms with Crippen molar-refractivity contribution in [1.29, 1.82) is 0 Å². The largest absolute Gasteiger partial charge is 0.451 e. The van der Waals surface area contributed by atoms with Crippen molar-refractivity contribution in [3.63, 3.8) is 0 Å². The number of carbonyl (C=O) groups is 2. The number of esters is 2. The van der Waals surface area contributed by atoms with Crippen molar-refractivity contribution >= 4 is 102 Å². The quantitative estimate of drug-likeness (QED) is 0.196. The van der Waals surface area contributed by atoms with E-state index in [-0.39, 0.29) is 5.25 Å². The molecule has 2 aliphatic rings. The molecule has 0 aliphatic carbocycles. The first kappa shape index (κ1) is 27.0. The molecule has 2 saturated heterocycles. The maximum Gasteiger partial charge on any atom is 0.426 e. The smallest absolute Gasteiger partial charge is 0.426 e. The summed E-state index contributed by atoms with van der Waals surface area (Å²) in [6, 6.07) is 3.58. The van der Waals surface area contributed by atoms with Crippen LogP contribution in [0.1, 0.15) is 12.8 Å². The van der Waals surface area contributed by atoms with Gasteiger partial charge in [0.1, 0.15) is 5.75 Å².